The topological polar surface area (TPSA) is 35.5 Å². The second kappa shape index (κ2) is 6.91. The Hall–Kier alpha value is -1.68. The maximum atomic E-state index is 12.7. The molecule has 4 heteroatoms. The average molecular weight is 252 g/mol. The van der Waals surface area contributed by atoms with Gasteiger partial charge in [0.2, 0.25) is 0 Å². The molecule has 0 aliphatic heterocycles. The van der Waals surface area contributed by atoms with E-state index in [1.165, 1.54) is 24.3 Å². The lowest BCUT2D eigenvalue weighted by Gasteiger charge is -2.06. The lowest BCUT2D eigenvalue weighted by atomic mass is 10.2. The Balaban J connectivity index is 2.51. The molecular weight excluding hydrogens is 235 g/mol. The van der Waals surface area contributed by atoms with E-state index in [9.17, 15) is 9.18 Å². The number of esters is 1. The van der Waals surface area contributed by atoms with E-state index in [4.69, 9.17) is 9.47 Å². The van der Waals surface area contributed by atoms with Crippen LogP contribution < -0.4 is 0 Å². The zero-order valence-corrected chi connectivity index (χ0v) is 10.8. The quantitative estimate of drug-likeness (QED) is 0.595. The van der Waals surface area contributed by atoms with Gasteiger partial charge in [0, 0.05) is 0 Å². The molecule has 0 saturated carbocycles. The van der Waals surface area contributed by atoms with Gasteiger partial charge in [-0.2, -0.15) is 0 Å². The number of carbonyl (C=O) groups excluding carboxylic acids is 1. The summed E-state index contributed by atoms with van der Waals surface area (Å²) in [7, 11) is 0. The molecule has 0 bridgehead atoms. The van der Waals surface area contributed by atoms with Crippen molar-refractivity contribution < 1.29 is 18.7 Å². The second-order valence-electron chi connectivity index (χ2n) is 4.09. The molecule has 3 nitrogen and oxygen atoms in total. The predicted octanol–water partition coefficient (Wildman–Crippen LogP) is 3.31. The Morgan fingerprint density at radius 2 is 1.94 bits per heavy atom. The molecule has 0 fully saturated rings. The number of rotatable bonds is 5. The summed E-state index contributed by atoms with van der Waals surface area (Å²) < 4.78 is 23.1. The normalized spacial score (nSPS) is 11.7. The second-order valence-corrected chi connectivity index (χ2v) is 4.09. The van der Waals surface area contributed by atoms with Gasteiger partial charge in [0.15, 0.2) is 0 Å². The van der Waals surface area contributed by atoms with Crippen molar-refractivity contribution in [3.63, 3.8) is 0 Å². The first kappa shape index (κ1) is 14.4. The number of benzene rings is 1. The molecule has 0 aliphatic carbocycles. The summed E-state index contributed by atoms with van der Waals surface area (Å²) in [5, 5.41) is 0. The summed E-state index contributed by atoms with van der Waals surface area (Å²) in [6.45, 7) is 5.91. The van der Waals surface area contributed by atoms with Crippen molar-refractivity contribution in [3.8, 4) is 0 Å². The van der Waals surface area contributed by atoms with Crippen LogP contribution in [0.5, 0.6) is 0 Å². The molecule has 0 heterocycles. The van der Waals surface area contributed by atoms with Crippen LogP contribution in [0.1, 0.15) is 31.1 Å². The lowest BCUT2D eigenvalue weighted by Crippen LogP contribution is -2.06. The number of ether oxygens (including phenoxy) is 2. The molecule has 0 aromatic heterocycles. The molecule has 0 radical (unpaired) electrons. The minimum Gasteiger partial charge on any atom is -0.428 e. The van der Waals surface area contributed by atoms with Gasteiger partial charge in [-0.05, 0) is 51.1 Å². The van der Waals surface area contributed by atoms with Gasteiger partial charge in [0.25, 0.3) is 0 Å². The van der Waals surface area contributed by atoms with E-state index >= 15 is 0 Å². The van der Waals surface area contributed by atoms with Crippen molar-refractivity contribution in [2.75, 3.05) is 6.61 Å². The zero-order valence-electron chi connectivity index (χ0n) is 10.8. The van der Waals surface area contributed by atoms with Gasteiger partial charge in [-0.3, -0.25) is 0 Å². The third kappa shape index (κ3) is 5.10. The van der Waals surface area contributed by atoms with Crippen molar-refractivity contribution in [1.82, 2.24) is 0 Å². The van der Waals surface area contributed by atoms with Crippen LogP contribution in [-0.4, -0.2) is 18.7 Å². The fourth-order valence-electron chi connectivity index (χ4n) is 1.19. The molecule has 0 saturated heterocycles. The average Bonchev–Trinajstić information content (AvgIpc) is 2.29. The van der Waals surface area contributed by atoms with Crippen LogP contribution >= 0.6 is 0 Å². The van der Waals surface area contributed by atoms with E-state index in [1.807, 2.05) is 13.8 Å². The van der Waals surface area contributed by atoms with Crippen LogP contribution in [0.25, 0.3) is 0 Å². The van der Waals surface area contributed by atoms with E-state index in [1.54, 1.807) is 13.0 Å². The van der Waals surface area contributed by atoms with Crippen molar-refractivity contribution in [1.29, 1.82) is 0 Å². The van der Waals surface area contributed by atoms with Crippen molar-refractivity contribution in [3.05, 3.63) is 47.5 Å². The van der Waals surface area contributed by atoms with Crippen LogP contribution in [0, 0.1) is 5.82 Å². The highest BCUT2D eigenvalue weighted by Gasteiger charge is 2.07. The van der Waals surface area contributed by atoms with Crippen molar-refractivity contribution >= 4 is 5.97 Å². The molecule has 1 aromatic carbocycles. The van der Waals surface area contributed by atoms with E-state index in [-0.39, 0.29) is 11.9 Å². The van der Waals surface area contributed by atoms with Crippen molar-refractivity contribution in [2.45, 2.75) is 26.9 Å². The van der Waals surface area contributed by atoms with Gasteiger partial charge in [0.1, 0.15) is 11.6 Å². The summed E-state index contributed by atoms with van der Waals surface area (Å²) >= 11 is 0. The molecule has 18 heavy (non-hydrogen) atoms. The van der Waals surface area contributed by atoms with Crippen LogP contribution in [-0.2, 0) is 9.47 Å². The van der Waals surface area contributed by atoms with Gasteiger partial charge >= 0.3 is 5.97 Å². The van der Waals surface area contributed by atoms with Gasteiger partial charge < -0.3 is 9.47 Å². The van der Waals surface area contributed by atoms with Crippen LogP contribution in [0.4, 0.5) is 4.39 Å². The monoisotopic (exact) mass is 252 g/mol. The predicted molar refractivity (Wildman–Crippen MR) is 66.7 cm³/mol. The molecule has 0 unspecified atom stereocenters. The number of allylic oxidation sites excluding steroid dienone is 1. The first-order chi connectivity index (χ1) is 8.49. The molecular formula is C14H17FO3. The largest absolute Gasteiger partial charge is 0.428 e. The van der Waals surface area contributed by atoms with Gasteiger partial charge in [-0.25, -0.2) is 9.18 Å². The summed E-state index contributed by atoms with van der Waals surface area (Å²) in [5.41, 5.74) is 0.314. The fraction of sp³-hybridized carbons (Fsp3) is 0.357. The maximum Gasteiger partial charge on any atom is 0.343 e. The van der Waals surface area contributed by atoms with E-state index in [2.05, 4.69) is 0 Å². The Bertz CT molecular complexity index is 421. The summed E-state index contributed by atoms with van der Waals surface area (Å²) in [6, 6.07) is 5.21. The number of hydrogen-bond donors (Lipinski definition) is 0. The summed E-state index contributed by atoms with van der Waals surface area (Å²) in [4.78, 5) is 11.6. The van der Waals surface area contributed by atoms with Crippen LogP contribution in [0.3, 0.4) is 0 Å². The Labute approximate surface area is 106 Å². The Morgan fingerprint density at radius 1 is 1.33 bits per heavy atom. The first-order valence-electron chi connectivity index (χ1n) is 5.75. The van der Waals surface area contributed by atoms with E-state index in [0.29, 0.717) is 17.9 Å². The third-order valence-electron chi connectivity index (χ3n) is 2.13. The van der Waals surface area contributed by atoms with Crippen LogP contribution in [0.2, 0.25) is 0 Å². The van der Waals surface area contributed by atoms with Gasteiger partial charge in [0.05, 0.1) is 18.3 Å². The molecule has 1 aromatic rings. The van der Waals surface area contributed by atoms with E-state index < -0.39 is 5.97 Å². The molecule has 0 spiro atoms. The lowest BCUT2D eigenvalue weighted by molar-refractivity contribution is 0.0614. The number of halogens is 1. The molecule has 0 amide bonds. The zero-order chi connectivity index (χ0) is 13.5. The standard InChI is InChI=1S/C14H17FO3/c1-10(2)17-9-8-11(3)18-14(16)12-4-6-13(15)7-5-12/h4-8,10H,9H2,1-3H3/b11-8+. The Kier molecular flexibility index (Phi) is 5.52. The molecule has 0 atom stereocenters. The highest BCUT2D eigenvalue weighted by molar-refractivity contribution is 5.89. The fourth-order valence-corrected chi connectivity index (χ4v) is 1.19. The summed E-state index contributed by atoms with van der Waals surface area (Å²) in [6.07, 6.45) is 1.81. The molecule has 0 N–H and O–H groups in total. The SMILES string of the molecule is C/C(=C\COC(C)C)OC(=O)c1ccc(F)cc1. The maximum absolute atomic E-state index is 12.7. The first-order valence-corrected chi connectivity index (χ1v) is 5.75. The Morgan fingerprint density at radius 3 is 2.50 bits per heavy atom. The number of carbonyl (C=O) groups is 1. The van der Waals surface area contributed by atoms with E-state index in [0.717, 1.165) is 0 Å². The highest BCUT2D eigenvalue weighted by Crippen LogP contribution is 2.07. The van der Waals surface area contributed by atoms with Crippen molar-refractivity contribution in [2.24, 2.45) is 0 Å². The molecule has 0 aliphatic rings. The van der Waals surface area contributed by atoms with Gasteiger partial charge in [-0.15, -0.1) is 0 Å². The highest BCUT2D eigenvalue weighted by atomic mass is 19.1. The smallest absolute Gasteiger partial charge is 0.343 e. The minimum absolute atomic E-state index is 0.127. The molecule has 98 valence electrons. The summed E-state index contributed by atoms with van der Waals surface area (Å²) in [5.74, 6) is -0.428. The number of hydrogen-bond acceptors (Lipinski definition) is 3. The van der Waals surface area contributed by atoms with Crippen LogP contribution in [0.15, 0.2) is 36.1 Å². The minimum atomic E-state index is -0.506. The third-order valence-corrected chi connectivity index (χ3v) is 2.13. The molecule has 1 rings (SSSR count). The van der Waals surface area contributed by atoms with Gasteiger partial charge in [-0.1, -0.05) is 0 Å².